The first-order valence-electron chi connectivity index (χ1n) is 10.2. The molecule has 5 nitrogen and oxygen atoms in total. The lowest BCUT2D eigenvalue weighted by molar-refractivity contribution is -0.134. The third-order valence-corrected chi connectivity index (χ3v) is 6.25. The van der Waals surface area contributed by atoms with Gasteiger partial charge in [-0.15, -0.1) is 0 Å². The van der Waals surface area contributed by atoms with Crippen molar-refractivity contribution >= 4 is 23.5 Å². The molecule has 158 valence electrons. The van der Waals surface area contributed by atoms with Crippen LogP contribution in [0.4, 0.5) is 9.18 Å². The molecule has 3 amide bonds. The SMILES string of the molecule is CN(Cc1ccc(Cl)cc1)C(=O)C1CCCN1C(=O)NC1(c2ccc(F)cc2)CC1. The Hall–Kier alpha value is -2.60. The van der Waals surface area contributed by atoms with Crippen LogP contribution < -0.4 is 5.32 Å². The highest BCUT2D eigenvalue weighted by Gasteiger charge is 2.47. The van der Waals surface area contributed by atoms with Gasteiger partial charge in [0.25, 0.3) is 0 Å². The standard InChI is InChI=1S/C23H25ClFN3O2/c1-27(15-16-4-8-18(24)9-5-16)21(29)20-3-2-14-28(20)22(30)26-23(12-13-23)17-6-10-19(25)11-7-17/h4-11,20H,2-3,12-15H2,1H3,(H,26,30). The van der Waals surface area contributed by atoms with Gasteiger partial charge < -0.3 is 15.1 Å². The Morgan fingerprint density at radius 2 is 1.83 bits per heavy atom. The minimum atomic E-state index is -0.466. The summed E-state index contributed by atoms with van der Waals surface area (Å²) >= 11 is 5.93. The van der Waals surface area contributed by atoms with Gasteiger partial charge >= 0.3 is 6.03 Å². The van der Waals surface area contributed by atoms with E-state index in [4.69, 9.17) is 11.6 Å². The molecule has 1 saturated carbocycles. The molecule has 1 atom stereocenters. The van der Waals surface area contributed by atoms with Gasteiger partial charge in [-0.25, -0.2) is 9.18 Å². The second kappa shape index (κ2) is 8.26. The van der Waals surface area contributed by atoms with E-state index in [0.29, 0.717) is 24.5 Å². The Morgan fingerprint density at radius 3 is 2.47 bits per heavy atom. The van der Waals surface area contributed by atoms with E-state index in [0.717, 1.165) is 30.4 Å². The number of likely N-dealkylation sites (N-methyl/N-ethyl adjacent to an activating group) is 1. The van der Waals surface area contributed by atoms with E-state index in [9.17, 15) is 14.0 Å². The second-order valence-electron chi connectivity index (χ2n) is 8.19. The number of urea groups is 1. The van der Waals surface area contributed by atoms with E-state index in [-0.39, 0.29) is 17.8 Å². The van der Waals surface area contributed by atoms with E-state index >= 15 is 0 Å². The molecule has 0 spiro atoms. The van der Waals surface area contributed by atoms with Crippen molar-refractivity contribution in [3.63, 3.8) is 0 Å². The molecule has 0 bridgehead atoms. The van der Waals surface area contributed by atoms with Crippen LogP contribution in [0.2, 0.25) is 5.02 Å². The first-order chi connectivity index (χ1) is 14.4. The van der Waals surface area contributed by atoms with E-state index < -0.39 is 11.6 Å². The minimum absolute atomic E-state index is 0.0655. The van der Waals surface area contributed by atoms with Crippen LogP contribution >= 0.6 is 11.6 Å². The van der Waals surface area contributed by atoms with Crippen LogP contribution in [0.15, 0.2) is 48.5 Å². The molecule has 1 unspecified atom stereocenters. The lowest BCUT2D eigenvalue weighted by Crippen LogP contribution is -2.51. The van der Waals surface area contributed by atoms with Crippen LogP contribution in [-0.4, -0.2) is 41.4 Å². The average molecular weight is 430 g/mol. The molecule has 1 aliphatic heterocycles. The number of likely N-dealkylation sites (tertiary alicyclic amines) is 1. The minimum Gasteiger partial charge on any atom is -0.340 e. The fourth-order valence-electron chi connectivity index (χ4n) is 4.12. The largest absolute Gasteiger partial charge is 0.340 e. The third-order valence-electron chi connectivity index (χ3n) is 6.00. The third kappa shape index (κ3) is 4.29. The predicted molar refractivity (Wildman–Crippen MR) is 113 cm³/mol. The number of carbonyl (C=O) groups is 2. The van der Waals surface area contributed by atoms with E-state index in [2.05, 4.69) is 5.32 Å². The average Bonchev–Trinajstić information content (AvgIpc) is 3.34. The van der Waals surface area contributed by atoms with Crippen molar-refractivity contribution in [2.45, 2.75) is 43.8 Å². The first kappa shape index (κ1) is 20.7. The number of hydrogen-bond acceptors (Lipinski definition) is 2. The highest BCUT2D eigenvalue weighted by Crippen LogP contribution is 2.45. The summed E-state index contributed by atoms with van der Waals surface area (Å²) in [5, 5.41) is 3.76. The summed E-state index contributed by atoms with van der Waals surface area (Å²) in [6.45, 7) is 1.01. The number of halogens is 2. The Balaban J connectivity index is 1.41. The lowest BCUT2D eigenvalue weighted by atomic mass is 10.1. The highest BCUT2D eigenvalue weighted by molar-refractivity contribution is 6.30. The molecular formula is C23H25ClFN3O2. The van der Waals surface area contributed by atoms with Gasteiger partial charge in [0, 0.05) is 25.2 Å². The van der Waals surface area contributed by atoms with Gasteiger partial charge in [-0.2, -0.15) is 0 Å². The molecule has 1 heterocycles. The van der Waals surface area contributed by atoms with Crippen LogP contribution in [0.3, 0.4) is 0 Å². The maximum atomic E-state index is 13.3. The number of amides is 3. The summed E-state index contributed by atoms with van der Waals surface area (Å²) in [7, 11) is 1.76. The maximum absolute atomic E-state index is 13.3. The van der Waals surface area contributed by atoms with Gasteiger partial charge in [-0.3, -0.25) is 4.79 Å². The van der Waals surface area contributed by atoms with Crippen molar-refractivity contribution in [2.75, 3.05) is 13.6 Å². The Bertz CT molecular complexity index is 928. The fraction of sp³-hybridized carbons (Fsp3) is 0.391. The summed E-state index contributed by atoms with van der Waals surface area (Å²) in [4.78, 5) is 29.4. The topological polar surface area (TPSA) is 52.7 Å². The first-order valence-corrected chi connectivity index (χ1v) is 10.6. The number of hydrogen-bond donors (Lipinski definition) is 1. The van der Waals surface area contributed by atoms with Crippen LogP contribution in [0.25, 0.3) is 0 Å². The van der Waals surface area contributed by atoms with E-state index in [1.54, 1.807) is 41.1 Å². The number of nitrogens with zero attached hydrogens (tertiary/aromatic N) is 2. The number of rotatable bonds is 5. The summed E-state index contributed by atoms with van der Waals surface area (Å²) in [6, 6.07) is 13.0. The van der Waals surface area contributed by atoms with Gasteiger partial charge in [0.05, 0.1) is 5.54 Å². The summed E-state index contributed by atoms with van der Waals surface area (Å²) < 4.78 is 13.3. The van der Waals surface area contributed by atoms with Gasteiger partial charge in [0.2, 0.25) is 5.91 Å². The molecule has 7 heteroatoms. The number of nitrogens with one attached hydrogen (secondary N) is 1. The quantitative estimate of drug-likeness (QED) is 0.770. The molecule has 4 rings (SSSR count). The molecule has 1 saturated heterocycles. The Kier molecular flexibility index (Phi) is 5.69. The van der Waals surface area contributed by atoms with Crippen LogP contribution in [-0.2, 0) is 16.9 Å². The van der Waals surface area contributed by atoms with Gasteiger partial charge in [0.15, 0.2) is 0 Å². The molecule has 2 fully saturated rings. The highest BCUT2D eigenvalue weighted by atomic mass is 35.5. The maximum Gasteiger partial charge on any atom is 0.318 e. The lowest BCUT2D eigenvalue weighted by Gasteiger charge is -2.30. The van der Waals surface area contributed by atoms with Crippen molar-refractivity contribution < 1.29 is 14.0 Å². The van der Waals surface area contributed by atoms with Crippen molar-refractivity contribution in [2.24, 2.45) is 0 Å². The summed E-state index contributed by atoms with van der Waals surface area (Å²) in [6.07, 6.45) is 3.07. The molecule has 2 aromatic carbocycles. The molecular weight excluding hydrogens is 405 g/mol. The van der Waals surface area contributed by atoms with Crippen molar-refractivity contribution in [1.82, 2.24) is 15.1 Å². The normalized spacial score (nSPS) is 19.4. The van der Waals surface area contributed by atoms with E-state index in [1.807, 2.05) is 12.1 Å². The number of benzene rings is 2. The van der Waals surface area contributed by atoms with Gasteiger partial charge in [0.1, 0.15) is 11.9 Å². The summed E-state index contributed by atoms with van der Waals surface area (Å²) in [5.41, 5.74) is 1.44. The Labute approximate surface area is 180 Å². The zero-order chi connectivity index (χ0) is 21.3. The zero-order valence-electron chi connectivity index (χ0n) is 16.9. The molecule has 2 aromatic rings. The van der Waals surface area contributed by atoms with Gasteiger partial charge in [-0.1, -0.05) is 35.9 Å². The monoisotopic (exact) mass is 429 g/mol. The van der Waals surface area contributed by atoms with Crippen LogP contribution in [0.5, 0.6) is 0 Å². The Morgan fingerprint density at radius 1 is 1.17 bits per heavy atom. The van der Waals surface area contributed by atoms with Crippen molar-refractivity contribution in [3.8, 4) is 0 Å². The second-order valence-corrected chi connectivity index (χ2v) is 8.63. The molecule has 2 aliphatic rings. The molecule has 1 N–H and O–H groups in total. The molecule has 30 heavy (non-hydrogen) atoms. The van der Waals surface area contributed by atoms with E-state index in [1.165, 1.54) is 12.1 Å². The van der Waals surface area contributed by atoms with Crippen molar-refractivity contribution in [3.05, 3.63) is 70.5 Å². The molecule has 0 aromatic heterocycles. The van der Waals surface area contributed by atoms with Gasteiger partial charge in [-0.05, 0) is 61.1 Å². The van der Waals surface area contributed by atoms with Crippen LogP contribution in [0.1, 0.15) is 36.8 Å². The zero-order valence-corrected chi connectivity index (χ0v) is 17.7. The smallest absolute Gasteiger partial charge is 0.318 e. The number of carbonyl (C=O) groups excluding carboxylic acids is 2. The fourth-order valence-corrected chi connectivity index (χ4v) is 4.24. The van der Waals surface area contributed by atoms with Crippen LogP contribution in [0, 0.1) is 5.82 Å². The predicted octanol–water partition coefficient (Wildman–Crippen LogP) is 4.30. The molecule has 0 radical (unpaired) electrons. The molecule has 1 aliphatic carbocycles. The van der Waals surface area contributed by atoms with Crippen molar-refractivity contribution in [1.29, 1.82) is 0 Å². The summed E-state index contributed by atoms with van der Waals surface area (Å²) in [5.74, 6) is -0.362.